The average molecular weight is 1030 g/mol. The van der Waals surface area contributed by atoms with Crippen molar-refractivity contribution in [1.82, 2.24) is 0 Å². The third-order valence-corrected chi connectivity index (χ3v) is 13.2. The highest BCUT2D eigenvalue weighted by Crippen LogP contribution is 2.46. The summed E-state index contributed by atoms with van der Waals surface area (Å²) in [6, 6.07) is 82.6. The maximum absolute atomic E-state index is 4.00. The van der Waals surface area contributed by atoms with E-state index in [9.17, 15) is 0 Å². The molecule has 0 aliphatic heterocycles. The summed E-state index contributed by atoms with van der Waals surface area (Å²) in [6.45, 7) is 23.3. The zero-order valence-electron chi connectivity index (χ0n) is 47.6. The highest BCUT2D eigenvalue weighted by Gasteiger charge is 2.20. The van der Waals surface area contributed by atoms with Crippen LogP contribution >= 0.6 is 0 Å². The van der Waals surface area contributed by atoms with Crippen molar-refractivity contribution in [1.29, 1.82) is 0 Å². The zero-order valence-corrected chi connectivity index (χ0v) is 47.6. The lowest BCUT2D eigenvalue weighted by molar-refractivity contribution is 0.886. The molecule has 0 heterocycles. The Morgan fingerprint density at radius 1 is 0.269 bits per heavy atom. The topological polar surface area (TPSA) is 0 Å². The van der Waals surface area contributed by atoms with E-state index in [0.29, 0.717) is 0 Å². The molecule has 11 rings (SSSR count). The molecule has 0 N–H and O–H groups in total. The molecule has 11 aromatic rings. The number of terminal acetylenes is 1. The van der Waals surface area contributed by atoms with Crippen molar-refractivity contribution < 1.29 is 0 Å². The van der Waals surface area contributed by atoms with Gasteiger partial charge in [-0.25, -0.2) is 0 Å². The first-order valence-electron chi connectivity index (χ1n) is 28.1. The lowest BCUT2D eigenvalue weighted by Gasteiger charge is -2.20. The van der Waals surface area contributed by atoms with Crippen LogP contribution in [0, 0.1) is 19.8 Å². The molecule has 78 heavy (non-hydrogen) atoms. The third kappa shape index (κ3) is 15.1. The highest BCUT2D eigenvalue weighted by atomic mass is 14.2. The molecule has 402 valence electrons. The lowest BCUT2D eigenvalue weighted by atomic mass is 9.83. The van der Waals surface area contributed by atoms with E-state index in [4.69, 9.17) is 0 Å². The van der Waals surface area contributed by atoms with Gasteiger partial charge in [0, 0.05) is 0 Å². The second-order valence-electron chi connectivity index (χ2n) is 18.3. The summed E-state index contributed by atoms with van der Waals surface area (Å²) in [4.78, 5) is 0. The van der Waals surface area contributed by atoms with E-state index in [1.807, 2.05) is 27.7 Å². The van der Waals surface area contributed by atoms with Crippen molar-refractivity contribution in [2.45, 2.75) is 123 Å². The molecule has 0 radical (unpaired) electrons. The molecule has 0 atom stereocenters. The Kier molecular flexibility index (Phi) is 28.0. The summed E-state index contributed by atoms with van der Waals surface area (Å²) >= 11 is 0. The van der Waals surface area contributed by atoms with Crippen LogP contribution in [-0.2, 0) is 0 Å². The van der Waals surface area contributed by atoms with Crippen LogP contribution in [0.2, 0.25) is 0 Å². The second kappa shape index (κ2) is 33.9. The molecule has 0 fully saturated rings. The van der Waals surface area contributed by atoms with Gasteiger partial charge >= 0.3 is 0 Å². The van der Waals surface area contributed by atoms with Gasteiger partial charge in [-0.05, 0) is 153 Å². The number of hydrogen-bond acceptors (Lipinski definition) is 0. The van der Waals surface area contributed by atoms with Crippen LogP contribution in [0.4, 0.5) is 0 Å². The molecule has 0 aliphatic rings. The summed E-state index contributed by atoms with van der Waals surface area (Å²) < 4.78 is 0. The number of hydrogen-bond donors (Lipinski definition) is 0. The standard InChI is InChI=1S/C59H40.2C4H10.C3H8.2C2H6.C2H2.2CH4/c1-39-55(42-23-16-25-44(34-42)57-36-45-22-8-9-27-48(45)49-28-10-11-31-52(49)57)37-47(40-18-4-2-5-19-40)38-56(39)43-24-17-26-46(35-43)59-54-33-15-13-30-51(54)50-29-12-14-32-53(50)58(59)41-20-6-3-7-21-41;2*1-3-4-2;1-3-2;3*1-2;;/h2-38H,1H3;2*3-4H2,1-2H3;3H2,1-2H3;2*1-2H3;1-2H;2*1H4. The quantitative estimate of drug-likeness (QED) is 0.105. The number of unbranched alkanes of at least 4 members (excludes halogenated alkanes) is 2. The van der Waals surface area contributed by atoms with Crippen molar-refractivity contribution in [3.63, 3.8) is 0 Å². The van der Waals surface area contributed by atoms with Gasteiger partial charge in [-0.2, -0.15) is 0 Å². The molecule has 0 unspecified atom stereocenters. The first-order valence-corrected chi connectivity index (χ1v) is 28.1. The fraction of sp³-hybridized carbons (Fsp3) is 0.231. The predicted molar refractivity (Wildman–Crippen MR) is 357 cm³/mol. The molecule has 0 amide bonds. The van der Waals surface area contributed by atoms with E-state index in [0.717, 1.165) is 0 Å². The molecule has 0 saturated carbocycles. The van der Waals surface area contributed by atoms with E-state index in [2.05, 4.69) is 286 Å². The molecule has 0 spiro atoms. The number of fused-ring (bicyclic) bond motifs is 6. The van der Waals surface area contributed by atoms with Crippen LogP contribution < -0.4 is 0 Å². The second-order valence-corrected chi connectivity index (χ2v) is 18.3. The molecular formula is C78H90. The van der Waals surface area contributed by atoms with Gasteiger partial charge < -0.3 is 0 Å². The fourth-order valence-electron chi connectivity index (χ4n) is 9.45. The largest absolute Gasteiger partial charge is 0.124 e. The average Bonchev–Trinajstić information content (AvgIpc) is 3.56. The fourth-order valence-corrected chi connectivity index (χ4v) is 9.45. The molecule has 0 heteroatoms. The third-order valence-electron chi connectivity index (χ3n) is 13.2. The van der Waals surface area contributed by atoms with Gasteiger partial charge in [0.1, 0.15) is 0 Å². The summed E-state index contributed by atoms with van der Waals surface area (Å²) in [7, 11) is 0. The lowest BCUT2D eigenvalue weighted by Crippen LogP contribution is -1.94. The maximum atomic E-state index is 4.00. The van der Waals surface area contributed by atoms with Gasteiger partial charge in [0.25, 0.3) is 0 Å². The van der Waals surface area contributed by atoms with E-state index in [-0.39, 0.29) is 14.9 Å². The van der Waals surface area contributed by atoms with Crippen molar-refractivity contribution in [3.8, 4) is 79.6 Å². The van der Waals surface area contributed by atoms with Crippen LogP contribution in [0.3, 0.4) is 0 Å². The molecule has 0 nitrogen and oxygen atoms in total. The number of benzene rings is 11. The minimum Gasteiger partial charge on any atom is -0.124 e. The Morgan fingerprint density at radius 3 is 1.03 bits per heavy atom. The Bertz CT molecular complexity index is 3510. The summed E-state index contributed by atoms with van der Waals surface area (Å²) in [5.74, 6) is 0. The Morgan fingerprint density at radius 2 is 0.577 bits per heavy atom. The van der Waals surface area contributed by atoms with Gasteiger partial charge in [0.05, 0.1) is 0 Å². The highest BCUT2D eigenvalue weighted by molar-refractivity contribution is 6.22. The minimum atomic E-state index is 0. The molecule has 11 aromatic carbocycles. The van der Waals surface area contributed by atoms with Gasteiger partial charge in [-0.1, -0.05) is 310 Å². The molecular weight excluding hydrogens is 937 g/mol. The summed E-state index contributed by atoms with van der Waals surface area (Å²) in [5.41, 5.74) is 16.0. The first-order chi connectivity index (χ1) is 37.4. The Balaban J connectivity index is 0.000000756. The summed E-state index contributed by atoms with van der Waals surface area (Å²) in [6.07, 6.45) is 14.5. The van der Waals surface area contributed by atoms with Crippen molar-refractivity contribution in [3.05, 3.63) is 230 Å². The molecule has 0 aromatic heterocycles. The van der Waals surface area contributed by atoms with E-state index in [1.165, 1.54) is 148 Å². The molecule has 0 saturated heterocycles. The van der Waals surface area contributed by atoms with Crippen LogP contribution in [0.15, 0.2) is 224 Å². The molecule has 0 bridgehead atoms. The van der Waals surface area contributed by atoms with Crippen LogP contribution in [0.5, 0.6) is 0 Å². The van der Waals surface area contributed by atoms with Crippen molar-refractivity contribution in [2.24, 2.45) is 0 Å². The monoisotopic (exact) mass is 1030 g/mol. The van der Waals surface area contributed by atoms with Crippen molar-refractivity contribution in [2.75, 3.05) is 0 Å². The Labute approximate surface area is 473 Å². The number of rotatable bonds is 8. The van der Waals surface area contributed by atoms with Crippen molar-refractivity contribution >= 4 is 43.1 Å². The van der Waals surface area contributed by atoms with E-state index >= 15 is 0 Å². The normalized spacial score (nSPS) is 9.86. The van der Waals surface area contributed by atoms with Crippen LogP contribution in [0.25, 0.3) is 110 Å². The molecule has 0 aliphatic carbocycles. The Hall–Kier alpha value is -7.98. The summed E-state index contributed by atoms with van der Waals surface area (Å²) in [5, 5.41) is 10.2. The van der Waals surface area contributed by atoms with Gasteiger partial charge in [0.15, 0.2) is 0 Å². The van der Waals surface area contributed by atoms with Gasteiger partial charge in [-0.15, -0.1) is 12.8 Å². The SMILES string of the molecule is C.C.C#C.CC.CC.CCC.CCCC.CCCC.Cc1c(-c2cccc(-c3cc4ccccc4c4ccccc34)c2)cc(-c2ccccc2)cc1-c1cccc(-c2c(-c3ccccc3)c3ccccc3c3ccccc23)c1. The van der Waals surface area contributed by atoms with Gasteiger partial charge in [-0.3, -0.25) is 0 Å². The first kappa shape index (κ1) is 64.3. The van der Waals surface area contributed by atoms with Crippen LogP contribution in [-0.4, -0.2) is 0 Å². The zero-order chi connectivity index (χ0) is 54.8. The van der Waals surface area contributed by atoms with Crippen LogP contribution in [0.1, 0.15) is 122 Å². The van der Waals surface area contributed by atoms with E-state index in [1.54, 1.807) is 0 Å². The predicted octanol–water partition coefficient (Wildman–Crippen LogP) is 25.2. The maximum Gasteiger partial charge on any atom is -0.00201 e. The smallest absolute Gasteiger partial charge is 0.00201 e. The minimum absolute atomic E-state index is 0. The van der Waals surface area contributed by atoms with Gasteiger partial charge in [0.2, 0.25) is 0 Å². The van der Waals surface area contributed by atoms with E-state index < -0.39 is 0 Å².